The smallest absolute Gasteiger partial charge is 0.266 e. The maximum Gasteiger partial charge on any atom is 0.266 e. The first-order chi connectivity index (χ1) is 19.1. The molecule has 5 aromatic rings. The number of fused-ring (bicyclic) bond motifs is 2. The molecular weight excluding hydrogens is 491 g/mol. The topological polar surface area (TPSA) is 67.8 Å². The van der Waals surface area contributed by atoms with E-state index in [0.717, 1.165) is 40.5 Å². The fourth-order valence-corrected chi connectivity index (χ4v) is 5.53. The summed E-state index contributed by atoms with van der Waals surface area (Å²) < 4.78 is 19.5. The molecular formula is C31H28FN6O+. The molecule has 0 bridgehead atoms. The van der Waals surface area contributed by atoms with Gasteiger partial charge in [0.1, 0.15) is 11.4 Å². The molecule has 1 fully saturated rings. The van der Waals surface area contributed by atoms with Crippen molar-refractivity contribution in [1.82, 2.24) is 24.6 Å². The number of aromatic nitrogens is 4. The Hall–Kier alpha value is -4.43. The van der Waals surface area contributed by atoms with Gasteiger partial charge in [0.15, 0.2) is 24.3 Å². The molecule has 8 heteroatoms. The van der Waals surface area contributed by atoms with Crippen LogP contribution in [0, 0.1) is 5.82 Å². The van der Waals surface area contributed by atoms with E-state index in [9.17, 15) is 9.18 Å². The minimum atomic E-state index is -0.310. The zero-order chi connectivity index (χ0) is 26.3. The summed E-state index contributed by atoms with van der Waals surface area (Å²) in [6, 6.07) is 18.8. The highest BCUT2D eigenvalue weighted by molar-refractivity contribution is 6.10. The Kier molecular flexibility index (Phi) is 5.89. The number of nitrogens with zero attached hydrogens (tertiary/aromatic N) is 5. The van der Waals surface area contributed by atoms with Gasteiger partial charge in [-0.1, -0.05) is 6.07 Å². The van der Waals surface area contributed by atoms with Gasteiger partial charge in [-0.2, -0.15) is 5.10 Å². The normalized spacial score (nSPS) is 15.8. The van der Waals surface area contributed by atoms with E-state index in [-0.39, 0.29) is 11.4 Å². The SMILES string of the molecule is O=c1ccc(-n2ccc3ccc(F)cc32)nn1CCc1ccc2ncc(C3=C[N+](C4CCNCC4)=C3)cc2c1. The average Bonchev–Trinajstić information content (AvgIpc) is 3.35. The first-order valence-electron chi connectivity index (χ1n) is 13.4. The lowest BCUT2D eigenvalue weighted by molar-refractivity contribution is -0.505. The summed E-state index contributed by atoms with van der Waals surface area (Å²) in [4.78, 5) is 17.3. The van der Waals surface area contributed by atoms with Crippen LogP contribution in [0.5, 0.6) is 0 Å². The summed E-state index contributed by atoms with van der Waals surface area (Å²) in [5.41, 5.74) is 4.92. The van der Waals surface area contributed by atoms with Crippen molar-refractivity contribution >= 4 is 33.6 Å². The monoisotopic (exact) mass is 519 g/mol. The van der Waals surface area contributed by atoms with E-state index in [1.54, 1.807) is 16.7 Å². The summed E-state index contributed by atoms with van der Waals surface area (Å²) in [5, 5.41) is 9.99. The van der Waals surface area contributed by atoms with Crippen LogP contribution in [0.15, 0.2) is 84.1 Å². The Morgan fingerprint density at radius 1 is 1.00 bits per heavy atom. The van der Waals surface area contributed by atoms with Crippen molar-refractivity contribution in [3.05, 3.63) is 107 Å². The highest BCUT2D eigenvalue weighted by Crippen LogP contribution is 2.25. The molecule has 2 aliphatic heterocycles. The minimum absolute atomic E-state index is 0.170. The maximum absolute atomic E-state index is 13.9. The molecule has 5 heterocycles. The molecule has 39 heavy (non-hydrogen) atoms. The van der Waals surface area contributed by atoms with Gasteiger partial charge in [-0.15, -0.1) is 0 Å². The van der Waals surface area contributed by atoms with Crippen molar-refractivity contribution < 1.29 is 8.97 Å². The van der Waals surface area contributed by atoms with Gasteiger partial charge in [0, 0.05) is 67.3 Å². The van der Waals surface area contributed by atoms with Gasteiger partial charge in [-0.05, 0) is 60.5 Å². The molecule has 3 aromatic heterocycles. The Balaban J connectivity index is 1.10. The first-order valence-corrected chi connectivity index (χ1v) is 13.4. The number of piperidine rings is 1. The number of nitrogens with one attached hydrogen (secondary N) is 1. The number of hydrogen-bond donors (Lipinski definition) is 1. The number of benzene rings is 2. The second-order valence-electron chi connectivity index (χ2n) is 10.3. The van der Waals surface area contributed by atoms with Gasteiger partial charge in [0.2, 0.25) is 0 Å². The van der Waals surface area contributed by atoms with Crippen LogP contribution >= 0.6 is 0 Å². The van der Waals surface area contributed by atoms with Crippen LogP contribution in [0.1, 0.15) is 24.0 Å². The fourth-order valence-electron chi connectivity index (χ4n) is 5.53. The molecule has 0 radical (unpaired) electrons. The zero-order valence-electron chi connectivity index (χ0n) is 21.4. The predicted molar refractivity (Wildman–Crippen MR) is 151 cm³/mol. The van der Waals surface area contributed by atoms with Crippen molar-refractivity contribution in [3.63, 3.8) is 0 Å². The van der Waals surface area contributed by atoms with Gasteiger partial charge in [0.05, 0.1) is 11.0 Å². The van der Waals surface area contributed by atoms with Gasteiger partial charge < -0.3 is 5.32 Å². The summed E-state index contributed by atoms with van der Waals surface area (Å²) in [6.07, 6.45) is 11.2. The number of rotatable bonds is 6. The minimum Gasteiger partial charge on any atom is -0.316 e. The maximum atomic E-state index is 13.9. The molecule has 0 atom stereocenters. The fraction of sp³-hybridized carbons (Fsp3) is 0.226. The third kappa shape index (κ3) is 4.57. The van der Waals surface area contributed by atoms with Crippen LogP contribution in [0.2, 0.25) is 0 Å². The predicted octanol–water partition coefficient (Wildman–Crippen LogP) is 4.31. The lowest BCUT2D eigenvalue weighted by Gasteiger charge is -2.22. The third-order valence-electron chi connectivity index (χ3n) is 7.75. The molecule has 0 saturated carbocycles. The van der Waals surface area contributed by atoms with E-state index >= 15 is 0 Å². The lowest BCUT2D eigenvalue weighted by atomic mass is 10.00. The van der Waals surface area contributed by atoms with E-state index in [0.29, 0.717) is 30.3 Å². The summed E-state index contributed by atoms with van der Waals surface area (Å²) in [7, 11) is 0. The van der Waals surface area contributed by atoms with Crippen LogP contribution in [-0.2, 0) is 13.0 Å². The molecule has 1 N–H and O–H groups in total. The molecule has 194 valence electrons. The number of pyridine rings is 1. The number of aryl methyl sites for hydroxylation is 2. The Labute approximate surface area is 224 Å². The zero-order valence-corrected chi connectivity index (χ0v) is 21.4. The largest absolute Gasteiger partial charge is 0.316 e. The van der Waals surface area contributed by atoms with Crippen LogP contribution in [0.25, 0.3) is 33.2 Å². The van der Waals surface area contributed by atoms with Crippen molar-refractivity contribution in [1.29, 1.82) is 0 Å². The standard InChI is InChI=1S/C31H28FN6O/c32-26-3-2-22-10-13-37(29(22)17-26)30-5-6-31(39)38(35-30)14-9-21-1-4-28-23(15-21)16-24(18-34-28)25-19-36(20-25)27-7-11-33-12-8-27/h1-6,10,13,15-20,27,33H,7-9,11-12,14H2/q+1. The van der Waals surface area contributed by atoms with Crippen LogP contribution in [0.4, 0.5) is 4.39 Å². The Morgan fingerprint density at radius 2 is 1.87 bits per heavy atom. The van der Waals surface area contributed by atoms with Crippen molar-refractivity contribution in [3.8, 4) is 5.82 Å². The van der Waals surface area contributed by atoms with Gasteiger partial charge >= 0.3 is 0 Å². The van der Waals surface area contributed by atoms with Gasteiger partial charge in [0.25, 0.3) is 5.56 Å². The van der Waals surface area contributed by atoms with Crippen LogP contribution in [-0.4, -0.2) is 49.3 Å². The van der Waals surface area contributed by atoms with Crippen molar-refractivity contribution in [2.75, 3.05) is 13.1 Å². The molecule has 7 nitrogen and oxygen atoms in total. The summed E-state index contributed by atoms with van der Waals surface area (Å²) >= 11 is 0. The second kappa shape index (κ2) is 9.71. The molecule has 7 rings (SSSR count). The van der Waals surface area contributed by atoms with Crippen molar-refractivity contribution in [2.45, 2.75) is 31.8 Å². The molecule has 0 unspecified atom stereocenters. The molecule has 0 amide bonds. The van der Waals surface area contributed by atoms with E-state index in [1.165, 1.54) is 41.3 Å². The van der Waals surface area contributed by atoms with E-state index in [2.05, 4.69) is 50.6 Å². The lowest BCUT2D eigenvalue weighted by Crippen LogP contribution is -2.38. The van der Waals surface area contributed by atoms with E-state index in [4.69, 9.17) is 0 Å². The second-order valence-corrected chi connectivity index (χ2v) is 10.3. The molecule has 2 aliphatic rings. The number of halogens is 1. The summed E-state index contributed by atoms with van der Waals surface area (Å²) in [5.74, 6) is 0.265. The molecule has 2 aromatic carbocycles. The van der Waals surface area contributed by atoms with E-state index < -0.39 is 0 Å². The summed E-state index contributed by atoms with van der Waals surface area (Å²) in [6.45, 7) is 2.59. The molecule has 0 spiro atoms. The van der Waals surface area contributed by atoms with Crippen LogP contribution in [0.3, 0.4) is 0 Å². The average molecular weight is 520 g/mol. The number of allylic oxidation sites excluding steroid dienone is 1. The first kappa shape index (κ1) is 23.7. The Bertz CT molecular complexity index is 1840. The number of hydrogen-bond acceptors (Lipinski definition) is 4. The quantitative estimate of drug-likeness (QED) is 0.340. The highest BCUT2D eigenvalue weighted by Gasteiger charge is 2.28. The Morgan fingerprint density at radius 3 is 2.74 bits per heavy atom. The van der Waals surface area contributed by atoms with Crippen molar-refractivity contribution in [2.24, 2.45) is 0 Å². The van der Waals surface area contributed by atoms with Gasteiger partial charge in [-0.3, -0.25) is 14.3 Å². The van der Waals surface area contributed by atoms with E-state index in [1.807, 2.05) is 24.5 Å². The third-order valence-corrected chi connectivity index (χ3v) is 7.75. The van der Waals surface area contributed by atoms with Gasteiger partial charge in [-0.25, -0.2) is 13.6 Å². The molecule has 0 aliphatic carbocycles. The highest BCUT2D eigenvalue weighted by atomic mass is 19.1. The van der Waals surface area contributed by atoms with Crippen LogP contribution < -0.4 is 10.9 Å². The molecule has 1 saturated heterocycles.